The second-order valence-corrected chi connectivity index (χ2v) is 4.82. The first-order valence-electron chi connectivity index (χ1n) is 4.12. The van der Waals surface area contributed by atoms with Gasteiger partial charge >= 0.3 is 5.97 Å². The maximum absolute atomic E-state index is 11.1. The Morgan fingerprint density at radius 1 is 1.64 bits per heavy atom. The van der Waals surface area contributed by atoms with Crippen molar-refractivity contribution in [2.24, 2.45) is 5.16 Å². The Morgan fingerprint density at radius 3 is 2.50 bits per heavy atom. The summed E-state index contributed by atoms with van der Waals surface area (Å²) < 4.78 is 0. The number of hydrogen-bond donors (Lipinski definition) is 2. The van der Waals surface area contributed by atoms with Crippen LogP contribution in [0.25, 0.3) is 0 Å². The number of rotatable bonds is 4. The Balaban J connectivity index is 4.19. The number of carbonyl (C=O) groups excluding carboxylic acids is 1. The van der Waals surface area contributed by atoms with Gasteiger partial charge < -0.3 is 10.0 Å². The number of halogens is 1. The zero-order chi connectivity index (χ0) is 11.4. The van der Waals surface area contributed by atoms with Gasteiger partial charge in [0.05, 0.1) is 11.3 Å². The zero-order valence-electron chi connectivity index (χ0n) is 8.67. The van der Waals surface area contributed by atoms with Crippen LogP contribution in [0.1, 0.15) is 27.7 Å². The van der Waals surface area contributed by atoms with Gasteiger partial charge in [-0.25, -0.2) is 4.79 Å². The first-order chi connectivity index (χ1) is 6.31. The molecule has 0 fully saturated rings. The van der Waals surface area contributed by atoms with Gasteiger partial charge in [0.15, 0.2) is 0 Å². The van der Waals surface area contributed by atoms with Gasteiger partial charge in [-0.1, -0.05) is 21.1 Å². The van der Waals surface area contributed by atoms with E-state index in [1.54, 1.807) is 27.7 Å². The Morgan fingerprint density at radius 2 is 2.14 bits per heavy atom. The van der Waals surface area contributed by atoms with E-state index in [9.17, 15) is 4.79 Å². The van der Waals surface area contributed by atoms with Crippen LogP contribution < -0.4 is 5.48 Å². The molecule has 6 heteroatoms. The van der Waals surface area contributed by atoms with Gasteiger partial charge in [-0.2, -0.15) is 0 Å². The summed E-state index contributed by atoms with van der Waals surface area (Å²) in [5.41, 5.74) is 2.26. The monoisotopic (exact) mass is 266 g/mol. The van der Waals surface area contributed by atoms with Crippen LogP contribution in [0.3, 0.4) is 0 Å². The van der Waals surface area contributed by atoms with Crippen LogP contribution in [-0.4, -0.2) is 27.3 Å². The lowest BCUT2D eigenvalue weighted by Crippen LogP contribution is -2.47. The molecule has 1 unspecified atom stereocenters. The van der Waals surface area contributed by atoms with Crippen LogP contribution in [0.5, 0.6) is 0 Å². The average molecular weight is 267 g/mol. The third-order valence-corrected chi connectivity index (χ3v) is 2.16. The van der Waals surface area contributed by atoms with Crippen molar-refractivity contribution < 1.29 is 14.8 Å². The second-order valence-electron chi connectivity index (χ2n) is 3.45. The molecule has 0 saturated carbocycles. The third-order valence-electron chi connectivity index (χ3n) is 1.79. The minimum Gasteiger partial charge on any atom is -0.411 e. The normalized spacial score (nSPS) is 15.1. The number of hydrogen-bond acceptors (Lipinski definition) is 5. The van der Waals surface area contributed by atoms with Crippen LogP contribution in [-0.2, 0) is 9.63 Å². The van der Waals surface area contributed by atoms with Crippen molar-refractivity contribution in [1.29, 1.82) is 0 Å². The molecular weight excluding hydrogens is 252 g/mol. The fourth-order valence-corrected chi connectivity index (χ4v) is 0.551. The van der Waals surface area contributed by atoms with E-state index >= 15 is 0 Å². The molecule has 0 bridgehead atoms. The zero-order valence-corrected chi connectivity index (χ0v) is 10.3. The second kappa shape index (κ2) is 5.31. The van der Waals surface area contributed by atoms with Crippen LogP contribution in [0.15, 0.2) is 5.16 Å². The van der Waals surface area contributed by atoms with E-state index in [2.05, 4.69) is 26.6 Å². The highest BCUT2D eigenvalue weighted by Crippen LogP contribution is 2.06. The summed E-state index contributed by atoms with van der Waals surface area (Å²) in [6, 6.07) is 0. The SMILES string of the molecule is CC(=NO)C(C)(C)NOC(=O)C(C)Br. The van der Waals surface area contributed by atoms with Crippen molar-refractivity contribution in [3.63, 3.8) is 0 Å². The number of carbonyl (C=O) groups is 1. The van der Waals surface area contributed by atoms with E-state index in [1.807, 2.05) is 0 Å². The number of nitrogens with zero attached hydrogens (tertiary/aromatic N) is 1. The summed E-state index contributed by atoms with van der Waals surface area (Å²) in [7, 11) is 0. The van der Waals surface area contributed by atoms with Crippen molar-refractivity contribution in [2.75, 3.05) is 0 Å². The van der Waals surface area contributed by atoms with E-state index < -0.39 is 11.5 Å². The highest BCUT2D eigenvalue weighted by atomic mass is 79.9. The lowest BCUT2D eigenvalue weighted by Gasteiger charge is -2.24. The van der Waals surface area contributed by atoms with Crippen LogP contribution in [0.2, 0.25) is 0 Å². The molecule has 14 heavy (non-hydrogen) atoms. The smallest absolute Gasteiger partial charge is 0.338 e. The standard InChI is InChI=1S/C8H15BrN2O3/c1-5(9)7(12)14-11-8(3,4)6(2)10-13/h5,11,13H,1-4H3. The quantitative estimate of drug-likeness (QED) is 0.350. The lowest BCUT2D eigenvalue weighted by atomic mass is 10.0. The third kappa shape index (κ3) is 4.06. The molecule has 0 aliphatic heterocycles. The van der Waals surface area contributed by atoms with Gasteiger partial charge in [-0.05, 0) is 27.7 Å². The van der Waals surface area contributed by atoms with Crippen molar-refractivity contribution in [3.05, 3.63) is 0 Å². The highest BCUT2D eigenvalue weighted by molar-refractivity contribution is 9.10. The molecule has 0 aromatic carbocycles. The summed E-state index contributed by atoms with van der Waals surface area (Å²) in [5.74, 6) is -0.427. The Kier molecular flexibility index (Phi) is 5.07. The van der Waals surface area contributed by atoms with Gasteiger partial charge in [0, 0.05) is 0 Å². The van der Waals surface area contributed by atoms with E-state index in [0.717, 1.165) is 0 Å². The summed E-state index contributed by atoms with van der Waals surface area (Å²) in [5, 5.41) is 11.6. The van der Waals surface area contributed by atoms with Gasteiger partial charge in [0.1, 0.15) is 4.83 Å². The summed E-state index contributed by atoms with van der Waals surface area (Å²) in [4.78, 5) is 15.5. The first kappa shape index (κ1) is 13.4. The van der Waals surface area contributed by atoms with E-state index in [1.165, 1.54) is 0 Å². The lowest BCUT2D eigenvalue weighted by molar-refractivity contribution is -0.152. The fraction of sp³-hybridized carbons (Fsp3) is 0.750. The topological polar surface area (TPSA) is 70.9 Å². The number of oxime groups is 1. The molecule has 5 nitrogen and oxygen atoms in total. The molecule has 0 aliphatic carbocycles. The molecule has 2 N–H and O–H groups in total. The maximum atomic E-state index is 11.1. The largest absolute Gasteiger partial charge is 0.411 e. The van der Waals surface area contributed by atoms with Crippen molar-refractivity contribution in [2.45, 2.75) is 38.1 Å². The summed E-state index contributed by atoms with van der Waals surface area (Å²) in [6.07, 6.45) is 0. The Bertz CT molecular complexity index is 239. The van der Waals surface area contributed by atoms with Gasteiger partial charge in [-0.15, -0.1) is 5.48 Å². The number of hydroxylamine groups is 1. The Labute approximate surface area is 91.6 Å². The van der Waals surface area contributed by atoms with Gasteiger partial charge in [0.25, 0.3) is 0 Å². The molecule has 82 valence electrons. The Hall–Kier alpha value is -0.620. The first-order valence-corrected chi connectivity index (χ1v) is 5.04. The van der Waals surface area contributed by atoms with Crippen LogP contribution in [0.4, 0.5) is 0 Å². The molecule has 0 radical (unpaired) electrons. The van der Waals surface area contributed by atoms with Gasteiger partial charge in [0.2, 0.25) is 0 Å². The molecule has 1 atom stereocenters. The molecule has 0 aromatic heterocycles. The van der Waals surface area contributed by atoms with E-state index in [0.29, 0.717) is 5.71 Å². The summed E-state index contributed by atoms with van der Waals surface area (Å²) >= 11 is 3.07. The maximum Gasteiger partial charge on any atom is 0.338 e. The molecule has 0 amide bonds. The van der Waals surface area contributed by atoms with E-state index in [4.69, 9.17) is 10.0 Å². The van der Waals surface area contributed by atoms with Crippen LogP contribution in [0, 0.1) is 0 Å². The predicted molar refractivity (Wildman–Crippen MR) is 56.6 cm³/mol. The molecule has 0 spiro atoms. The van der Waals surface area contributed by atoms with Crippen molar-refractivity contribution >= 4 is 27.6 Å². The summed E-state index contributed by atoms with van der Waals surface area (Å²) in [6.45, 7) is 6.74. The molecule has 0 rings (SSSR count). The highest BCUT2D eigenvalue weighted by Gasteiger charge is 2.24. The molecular formula is C8H15BrN2O3. The van der Waals surface area contributed by atoms with Crippen LogP contribution >= 0.6 is 15.9 Å². The number of alkyl halides is 1. The minimum absolute atomic E-state index is 0.378. The van der Waals surface area contributed by atoms with E-state index in [-0.39, 0.29) is 4.83 Å². The molecule has 0 aromatic rings. The fourth-order valence-electron chi connectivity index (χ4n) is 0.458. The number of nitrogens with one attached hydrogen (secondary N) is 1. The van der Waals surface area contributed by atoms with Gasteiger partial charge in [-0.3, -0.25) is 0 Å². The molecule has 0 heterocycles. The predicted octanol–water partition coefficient (Wildman–Crippen LogP) is 1.45. The van der Waals surface area contributed by atoms with Crippen molar-refractivity contribution in [1.82, 2.24) is 5.48 Å². The minimum atomic E-state index is -0.688. The average Bonchev–Trinajstić information content (AvgIpc) is 2.12. The van der Waals surface area contributed by atoms with Crippen molar-refractivity contribution in [3.8, 4) is 0 Å². The molecule has 0 aliphatic rings. The molecule has 0 saturated heterocycles.